The Balaban J connectivity index is 2.40. The summed E-state index contributed by atoms with van der Waals surface area (Å²) in [6, 6.07) is 2.77. The Morgan fingerprint density at radius 1 is 1.44 bits per heavy atom. The van der Waals surface area contributed by atoms with Crippen LogP contribution < -0.4 is 5.32 Å². The normalized spacial score (nSPS) is 13.4. The molecule has 92 valence electrons. The first-order valence-electron chi connectivity index (χ1n) is 6.03. The van der Waals surface area contributed by atoms with Gasteiger partial charge in [0.25, 0.3) is 0 Å². The molecule has 1 N–H and O–H groups in total. The Kier molecular flexibility index (Phi) is 5.46. The van der Waals surface area contributed by atoms with E-state index in [0.29, 0.717) is 6.04 Å². The van der Waals surface area contributed by atoms with E-state index in [1.165, 1.54) is 15.3 Å². The van der Waals surface area contributed by atoms with Gasteiger partial charge in [-0.15, -0.1) is 11.3 Å². The van der Waals surface area contributed by atoms with Gasteiger partial charge in [0.2, 0.25) is 0 Å². The van der Waals surface area contributed by atoms with Crippen LogP contribution in [-0.4, -0.2) is 31.6 Å². The number of thiophene rings is 1. The van der Waals surface area contributed by atoms with Crippen molar-refractivity contribution in [1.82, 2.24) is 10.2 Å². The fourth-order valence-corrected chi connectivity index (χ4v) is 2.84. The zero-order chi connectivity index (χ0) is 12.1. The van der Waals surface area contributed by atoms with Crippen LogP contribution in [-0.2, 0) is 0 Å². The predicted octanol–water partition coefficient (Wildman–Crippen LogP) is 2.97. The second-order valence-corrected chi connectivity index (χ2v) is 5.90. The highest BCUT2D eigenvalue weighted by atomic mass is 32.1. The van der Waals surface area contributed by atoms with Crippen molar-refractivity contribution in [3.8, 4) is 0 Å². The number of likely N-dealkylation sites (N-methyl/N-ethyl adjacent to an activating group) is 1. The van der Waals surface area contributed by atoms with E-state index in [1.807, 2.05) is 11.3 Å². The van der Waals surface area contributed by atoms with E-state index in [4.69, 9.17) is 0 Å². The van der Waals surface area contributed by atoms with E-state index in [9.17, 15) is 0 Å². The number of hydrogen-bond donors (Lipinski definition) is 1. The van der Waals surface area contributed by atoms with E-state index in [1.54, 1.807) is 0 Å². The number of nitrogens with one attached hydrogen (secondary N) is 1. The third kappa shape index (κ3) is 3.89. The van der Waals surface area contributed by atoms with Gasteiger partial charge in [-0.1, -0.05) is 6.92 Å². The number of aryl methyl sites for hydroxylation is 2. The van der Waals surface area contributed by atoms with Crippen LogP contribution >= 0.6 is 11.3 Å². The molecule has 0 spiro atoms. The Morgan fingerprint density at radius 3 is 2.62 bits per heavy atom. The lowest BCUT2D eigenvalue weighted by Crippen LogP contribution is -2.30. The fraction of sp³-hybridized carbons (Fsp3) is 0.692. The summed E-state index contributed by atoms with van der Waals surface area (Å²) in [4.78, 5) is 5.18. The van der Waals surface area contributed by atoms with Crippen molar-refractivity contribution >= 4 is 11.3 Å². The van der Waals surface area contributed by atoms with Gasteiger partial charge in [-0.3, -0.25) is 0 Å². The summed E-state index contributed by atoms with van der Waals surface area (Å²) in [5.41, 5.74) is 1.46. The summed E-state index contributed by atoms with van der Waals surface area (Å²) in [5.74, 6) is 0. The maximum absolute atomic E-state index is 3.58. The van der Waals surface area contributed by atoms with Crippen molar-refractivity contribution in [2.24, 2.45) is 0 Å². The topological polar surface area (TPSA) is 15.3 Å². The average molecular weight is 240 g/mol. The van der Waals surface area contributed by atoms with Crippen molar-refractivity contribution in [2.45, 2.75) is 33.7 Å². The van der Waals surface area contributed by atoms with Gasteiger partial charge < -0.3 is 10.2 Å². The zero-order valence-electron chi connectivity index (χ0n) is 11.1. The molecule has 0 bridgehead atoms. The highest BCUT2D eigenvalue weighted by Gasteiger charge is 2.10. The van der Waals surface area contributed by atoms with E-state index < -0.39 is 0 Å². The van der Waals surface area contributed by atoms with Crippen LogP contribution in [0.25, 0.3) is 0 Å². The molecule has 0 amide bonds. The van der Waals surface area contributed by atoms with Crippen LogP contribution in [0.5, 0.6) is 0 Å². The fourth-order valence-electron chi connectivity index (χ4n) is 1.82. The summed E-state index contributed by atoms with van der Waals surface area (Å²) >= 11 is 1.89. The van der Waals surface area contributed by atoms with Crippen molar-refractivity contribution in [1.29, 1.82) is 0 Å². The molecule has 1 aromatic heterocycles. The molecule has 1 rings (SSSR count). The second-order valence-electron chi connectivity index (χ2n) is 4.44. The predicted molar refractivity (Wildman–Crippen MR) is 73.4 cm³/mol. The third-order valence-electron chi connectivity index (χ3n) is 3.03. The molecule has 16 heavy (non-hydrogen) atoms. The Hall–Kier alpha value is -0.380. The zero-order valence-corrected chi connectivity index (χ0v) is 11.9. The molecule has 0 aromatic carbocycles. The summed E-state index contributed by atoms with van der Waals surface area (Å²) in [6.07, 6.45) is 0. The molecular formula is C13H24N2S. The van der Waals surface area contributed by atoms with Crippen LogP contribution in [0.3, 0.4) is 0 Å². The molecule has 1 unspecified atom stereocenters. The molecule has 2 nitrogen and oxygen atoms in total. The number of nitrogens with zero attached hydrogens (tertiary/aromatic N) is 1. The van der Waals surface area contributed by atoms with Gasteiger partial charge in [0, 0.05) is 28.9 Å². The first kappa shape index (κ1) is 13.7. The third-order valence-corrected chi connectivity index (χ3v) is 4.01. The minimum Gasteiger partial charge on any atom is -0.309 e. The molecule has 0 aliphatic heterocycles. The van der Waals surface area contributed by atoms with Crippen LogP contribution in [0.1, 0.15) is 35.2 Å². The molecule has 0 aliphatic rings. The Bertz CT molecular complexity index is 320. The average Bonchev–Trinajstić information content (AvgIpc) is 2.57. The standard InChI is InChI=1S/C13H24N2S/c1-6-15(5)8-7-14-11(3)13-9-10(2)16-12(13)4/h9,11,14H,6-8H2,1-5H3. The van der Waals surface area contributed by atoms with E-state index in [2.05, 4.69) is 51.0 Å². The maximum atomic E-state index is 3.58. The summed E-state index contributed by atoms with van der Waals surface area (Å²) in [7, 11) is 2.16. The summed E-state index contributed by atoms with van der Waals surface area (Å²) in [6.45, 7) is 12.1. The van der Waals surface area contributed by atoms with Gasteiger partial charge in [-0.2, -0.15) is 0 Å². The monoisotopic (exact) mass is 240 g/mol. The Labute approximate surface area is 104 Å². The van der Waals surface area contributed by atoms with Crippen LogP contribution in [0.15, 0.2) is 6.07 Å². The van der Waals surface area contributed by atoms with Gasteiger partial charge in [0.15, 0.2) is 0 Å². The van der Waals surface area contributed by atoms with Crippen molar-refractivity contribution < 1.29 is 0 Å². The molecule has 0 fully saturated rings. The van der Waals surface area contributed by atoms with E-state index >= 15 is 0 Å². The SMILES string of the molecule is CCN(C)CCNC(C)c1cc(C)sc1C. The lowest BCUT2D eigenvalue weighted by molar-refractivity contribution is 0.342. The number of rotatable bonds is 6. The smallest absolute Gasteiger partial charge is 0.0303 e. The molecular weight excluding hydrogens is 216 g/mol. The molecule has 3 heteroatoms. The van der Waals surface area contributed by atoms with Gasteiger partial charge in [-0.05, 0) is 46.0 Å². The number of hydrogen-bond acceptors (Lipinski definition) is 3. The minimum absolute atomic E-state index is 0.468. The van der Waals surface area contributed by atoms with Crippen LogP contribution in [0.4, 0.5) is 0 Å². The molecule has 1 atom stereocenters. The largest absolute Gasteiger partial charge is 0.309 e. The van der Waals surface area contributed by atoms with Crippen molar-refractivity contribution in [3.05, 3.63) is 21.4 Å². The molecule has 0 saturated carbocycles. The van der Waals surface area contributed by atoms with E-state index in [0.717, 1.165) is 19.6 Å². The van der Waals surface area contributed by atoms with Crippen LogP contribution in [0, 0.1) is 13.8 Å². The van der Waals surface area contributed by atoms with Gasteiger partial charge in [0.1, 0.15) is 0 Å². The van der Waals surface area contributed by atoms with Gasteiger partial charge in [0.05, 0.1) is 0 Å². The van der Waals surface area contributed by atoms with Gasteiger partial charge in [-0.25, -0.2) is 0 Å². The first-order valence-corrected chi connectivity index (χ1v) is 6.85. The van der Waals surface area contributed by atoms with Crippen molar-refractivity contribution in [2.75, 3.05) is 26.7 Å². The van der Waals surface area contributed by atoms with Crippen molar-refractivity contribution in [3.63, 3.8) is 0 Å². The van der Waals surface area contributed by atoms with E-state index in [-0.39, 0.29) is 0 Å². The lowest BCUT2D eigenvalue weighted by atomic mass is 10.1. The summed E-state index contributed by atoms with van der Waals surface area (Å²) in [5, 5.41) is 3.58. The highest BCUT2D eigenvalue weighted by molar-refractivity contribution is 7.12. The Morgan fingerprint density at radius 2 is 2.12 bits per heavy atom. The molecule has 0 aliphatic carbocycles. The van der Waals surface area contributed by atoms with Gasteiger partial charge >= 0.3 is 0 Å². The molecule has 0 saturated heterocycles. The molecule has 1 heterocycles. The first-order chi connectivity index (χ1) is 7.54. The second kappa shape index (κ2) is 6.38. The highest BCUT2D eigenvalue weighted by Crippen LogP contribution is 2.25. The quantitative estimate of drug-likeness (QED) is 0.822. The lowest BCUT2D eigenvalue weighted by Gasteiger charge is -2.18. The maximum Gasteiger partial charge on any atom is 0.0303 e. The minimum atomic E-state index is 0.468. The van der Waals surface area contributed by atoms with Crippen LogP contribution in [0.2, 0.25) is 0 Å². The molecule has 0 radical (unpaired) electrons. The summed E-state index contributed by atoms with van der Waals surface area (Å²) < 4.78 is 0. The molecule has 1 aromatic rings.